The number of aromatic nitrogens is 4. The third-order valence-electron chi connectivity index (χ3n) is 5.06. The van der Waals surface area contributed by atoms with Gasteiger partial charge in [0.05, 0.1) is 17.1 Å². The first kappa shape index (κ1) is 20.9. The highest BCUT2D eigenvalue weighted by Crippen LogP contribution is 2.23. The molecule has 162 valence electrons. The van der Waals surface area contributed by atoms with Gasteiger partial charge in [-0.1, -0.05) is 0 Å². The van der Waals surface area contributed by atoms with Crippen molar-refractivity contribution in [3.63, 3.8) is 0 Å². The highest BCUT2D eigenvalue weighted by molar-refractivity contribution is 7.13. The molecular formula is C20H24N8O2S. The molecule has 0 unspecified atom stereocenters. The van der Waals surface area contributed by atoms with E-state index in [4.69, 9.17) is 0 Å². The Morgan fingerprint density at radius 2 is 2.00 bits per heavy atom. The van der Waals surface area contributed by atoms with Crippen LogP contribution in [0.3, 0.4) is 0 Å². The Morgan fingerprint density at radius 3 is 2.71 bits per heavy atom. The average Bonchev–Trinajstić information content (AvgIpc) is 3.20. The highest BCUT2D eigenvalue weighted by atomic mass is 32.1. The van der Waals surface area contributed by atoms with E-state index in [1.165, 1.54) is 23.6 Å². The maximum Gasteiger partial charge on any atom is 0.269 e. The number of nitrogens with one attached hydrogen (secondary N) is 3. The number of anilines is 3. The number of nitrogens with zero attached hydrogens (tertiary/aromatic N) is 5. The number of carbonyl (C=O) groups is 1. The summed E-state index contributed by atoms with van der Waals surface area (Å²) < 4.78 is 0. The molecule has 10 nitrogen and oxygen atoms in total. The Bertz CT molecular complexity index is 1120. The van der Waals surface area contributed by atoms with E-state index >= 15 is 0 Å². The summed E-state index contributed by atoms with van der Waals surface area (Å²) in [6, 6.07) is 5.11. The van der Waals surface area contributed by atoms with E-state index in [2.05, 4.69) is 40.4 Å². The number of amides is 1. The third kappa shape index (κ3) is 5.06. The number of rotatable bonds is 6. The third-order valence-corrected chi connectivity index (χ3v) is 5.87. The minimum absolute atomic E-state index is 0.175. The summed E-state index contributed by atoms with van der Waals surface area (Å²) in [5.41, 5.74) is 3.13. The number of carbonyl (C=O) groups excluding carboxylic acids is 1. The van der Waals surface area contributed by atoms with Gasteiger partial charge in [0, 0.05) is 57.4 Å². The Hall–Kier alpha value is -3.31. The highest BCUT2D eigenvalue weighted by Gasteiger charge is 2.20. The van der Waals surface area contributed by atoms with Crippen LogP contribution in [0.1, 0.15) is 21.9 Å². The first-order valence-electron chi connectivity index (χ1n) is 9.95. The lowest BCUT2D eigenvalue weighted by Crippen LogP contribution is -2.46. The number of thiazole rings is 1. The summed E-state index contributed by atoms with van der Waals surface area (Å²) in [4.78, 5) is 43.6. The van der Waals surface area contributed by atoms with Gasteiger partial charge >= 0.3 is 0 Å². The standard InChI is InChI=1S/C20H24N8O2S/c1-13-16(4-3-15(23-13)18(30)21-2)28-9-7-27(8-10-28)11-14-12-31-20(24-14)26-19-22-6-5-17(29)25-19/h3-6,12H,7-11H2,1-2H3,(H,21,30)(H2,22,24,25,26,29). The smallest absolute Gasteiger partial charge is 0.269 e. The maximum absolute atomic E-state index is 11.8. The molecule has 1 amide bonds. The monoisotopic (exact) mass is 440 g/mol. The minimum atomic E-state index is -0.208. The summed E-state index contributed by atoms with van der Waals surface area (Å²) in [7, 11) is 1.60. The molecule has 0 spiro atoms. The number of hydrogen-bond acceptors (Lipinski definition) is 9. The first-order chi connectivity index (χ1) is 15.0. The number of H-pyrrole nitrogens is 1. The fraction of sp³-hybridized carbons (Fsp3) is 0.350. The zero-order valence-corrected chi connectivity index (χ0v) is 18.2. The molecule has 0 aromatic carbocycles. The number of hydrogen-bond donors (Lipinski definition) is 3. The second kappa shape index (κ2) is 9.23. The van der Waals surface area contributed by atoms with E-state index in [1.807, 2.05) is 18.4 Å². The molecule has 0 saturated carbocycles. The van der Waals surface area contributed by atoms with Gasteiger partial charge in [0.1, 0.15) is 5.69 Å². The molecule has 0 bridgehead atoms. The summed E-state index contributed by atoms with van der Waals surface area (Å²) in [5.74, 6) is 0.208. The maximum atomic E-state index is 11.8. The van der Waals surface area contributed by atoms with E-state index in [0.29, 0.717) is 16.8 Å². The van der Waals surface area contributed by atoms with Crippen LogP contribution in [0.25, 0.3) is 0 Å². The molecule has 0 atom stereocenters. The molecule has 1 aliphatic rings. The van der Waals surface area contributed by atoms with Gasteiger partial charge in [-0.15, -0.1) is 11.3 Å². The van der Waals surface area contributed by atoms with E-state index in [-0.39, 0.29) is 11.5 Å². The van der Waals surface area contributed by atoms with Crippen LogP contribution in [-0.2, 0) is 6.54 Å². The van der Waals surface area contributed by atoms with Gasteiger partial charge in [-0.25, -0.2) is 15.0 Å². The van der Waals surface area contributed by atoms with Crippen LogP contribution in [-0.4, -0.2) is 64.0 Å². The molecule has 11 heteroatoms. The van der Waals surface area contributed by atoms with Crippen molar-refractivity contribution in [2.24, 2.45) is 0 Å². The van der Waals surface area contributed by atoms with Crippen LogP contribution in [0.2, 0.25) is 0 Å². The Labute approximate surface area is 183 Å². The molecule has 0 radical (unpaired) electrons. The fourth-order valence-corrected chi connectivity index (χ4v) is 4.19. The zero-order valence-electron chi connectivity index (χ0n) is 17.4. The van der Waals surface area contributed by atoms with Crippen LogP contribution < -0.4 is 21.1 Å². The van der Waals surface area contributed by atoms with E-state index in [9.17, 15) is 9.59 Å². The summed E-state index contributed by atoms with van der Waals surface area (Å²) in [6.45, 7) is 6.28. The van der Waals surface area contributed by atoms with E-state index in [1.54, 1.807) is 13.1 Å². The van der Waals surface area contributed by atoms with Crippen molar-refractivity contribution < 1.29 is 4.79 Å². The van der Waals surface area contributed by atoms with Crippen molar-refractivity contribution in [2.75, 3.05) is 43.4 Å². The van der Waals surface area contributed by atoms with Crippen molar-refractivity contribution in [3.05, 3.63) is 57.2 Å². The van der Waals surface area contributed by atoms with Crippen molar-refractivity contribution in [1.82, 2.24) is 30.2 Å². The largest absolute Gasteiger partial charge is 0.368 e. The topological polar surface area (TPSA) is 119 Å². The summed E-state index contributed by atoms with van der Waals surface area (Å²) in [5, 5.41) is 8.35. The number of aryl methyl sites for hydroxylation is 1. The second-order valence-electron chi connectivity index (χ2n) is 7.20. The molecule has 4 rings (SSSR count). The van der Waals surface area contributed by atoms with Gasteiger partial charge < -0.3 is 15.5 Å². The quantitative estimate of drug-likeness (QED) is 0.526. The van der Waals surface area contributed by atoms with Crippen LogP contribution in [0, 0.1) is 6.92 Å². The lowest BCUT2D eigenvalue weighted by molar-refractivity contribution is 0.0958. The predicted molar refractivity (Wildman–Crippen MR) is 120 cm³/mol. The van der Waals surface area contributed by atoms with Crippen molar-refractivity contribution in [1.29, 1.82) is 0 Å². The molecule has 0 aliphatic carbocycles. The lowest BCUT2D eigenvalue weighted by Gasteiger charge is -2.36. The normalized spacial score (nSPS) is 14.5. The minimum Gasteiger partial charge on any atom is -0.368 e. The fourth-order valence-electron chi connectivity index (χ4n) is 3.49. The SMILES string of the molecule is CNC(=O)c1ccc(N2CCN(Cc3csc(Nc4nccc(=O)[nH]4)n3)CC2)c(C)n1. The molecule has 3 N–H and O–H groups in total. The number of pyridine rings is 1. The molecule has 1 aliphatic heterocycles. The van der Waals surface area contributed by atoms with Gasteiger partial charge in [0.2, 0.25) is 5.95 Å². The van der Waals surface area contributed by atoms with Crippen LogP contribution in [0.15, 0.2) is 34.6 Å². The van der Waals surface area contributed by atoms with Crippen molar-refractivity contribution >= 4 is 34.0 Å². The van der Waals surface area contributed by atoms with Crippen molar-refractivity contribution in [3.8, 4) is 0 Å². The molecule has 1 saturated heterocycles. The lowest BCUT2D eigenvalue weighted by atomic mass is 10.2. The molecular weight excluding hydrogens is 416 g/mol. The second-order valence-corrected chi connectivity index (χ2v) is 8.05. The van der Waals surface area contributed by atoms with Crippen molar-refractivity contribution in [2.45, 2.75) is 13.5 Å². The number of aromatic amines is 1. The summed E-state index contributed by atoms with van der Waals surface area (Å²) in [6.07, 6.45) is 1.46. The van der Waals surface area contributed by atoms with Gasteiger partial charge in [-0.3, -0.25) is 19.5 Å². The first-order valence-corrected chi connectivity index (χ1v) is 10.8. The van der Waals surface area contributed by atoms with Crippen LogP contribution in [0.4, 0.5) is 16.8 Å². The Kier molecular flexibility index (Phi) is 6.23. The summed E-state index contributed by atoms with van der Waals surface area (Å²) >= 11 is 1.48. The van der Waals surface area contributed by atoms with Gasteiger partial charge in [-0.2, -0.15) is 0 Å². The Morgan fingerprint density at radius 1 is 1.19 bits per heavy atom. The van der Waals surface area contributed by atoms with E-state index in [0.717, 1.165) is 49.8 Å². The molecule has 3 aromatic rings. The average molecular weight is 441 g/mol. The molecule has 31 heavy (non-hydrogen) atoms. The van der Waals surface area contributed by atoms with Gasteiger partial charge in [0.15, 0.2) is 5.13 Å². The Balaban J connectivity index is 1.32. The molecule has 4 heterocycles. The van der Waals surface area contributed by atoms with E-state index < -0.39 is 0 Å². The van der Waals surface area contributed by atoms with Crippen LogP contribution >= 0.6 is 11.3 Å². The molecule has 3 aromatic heterocycles. The predicted octanol–water partition coefficient (Wildman–Crippen LogP) is 1.36. The van der Waals surface area contributed by atoms with Crippen LogP contribution in [0.5, 0.6) is 0 Å². The number of piperazine rings is 1. The molecule has 1 fully saturated rings. The van der Waals surface area contributed by atoms with Gasteiger partial charge in [0.25, 0.3) is 11.5 Å². The zero-order chi connectivity index (χ0) is 21.8. The van der Waals surface area contributed by atoms with Gasteiger partial charge in [-0.05, 0) is 19.1 Å².